The van der Waals surface area contributed by atoms with Crippen molar-refractivity contribution in [3.63, 3.8) is 0 Å². The fourth-order valence-corrected chi connectivity index (χ4v) is 2.43. The molecule has 1 aliphatic rings. The van der Waals surface area contributed by atoms with Gasteiger partial charge in [0, 0.05) is 24.6 Å². The van der Waals surface area contributed by atoms with E-state index in [1.54, 1.807) is 0 Å². The zero-order valence-electron chi connectivity index (χ0n) is 12.5. The Morgan fingerprint density at radius 3 is 2.67 bits per heavy atom. The number of rotatable bonds is 3. The lowest BCUT2D eigenvalue weighted by atomic mass is 9.97. The molecule has 0 N–H and O–H groups in total. The summed E-state index contributed by atoms with van der Waals surface area (Å²) in [4.78, 5) is 18.6. The maximum absolute atomic E-state index is 12.4. The van der Waals surface area contributed by atoms with E-state index in [-0.39, 0.29) is 17.7 Å². The van der Waals surface area contributed by atoms with Crippen LogP contribution < -0.4 is 0 Å². The van der Waals surface area contributed by atoms with Gasteiger partial charge in [0.1, 0.15) is 0 Å². The van der Waals surface area contributed by atoms with E-state index in [1.165, 1.54) is 0 Å². The number of nitrogens with zero attached hydrogens (tertiary/aromatic N) is 3. The molecule has 1 saturated heterocycles. The van der Waals surface area contributed by atoms with Gasteiger partial charge in [-0.3, -0.25) is 4.79 Å². The molecule has 1 aliphatic heterocycles. The Bertz CT molecular complexity index is 657. The first kappa shape index (κ1) is 13.8. The lowest BCUT2D eigenvalue weighted by molar-refractivity contribution is 0.0568. The second-order valence-corrected chi connectivity index (χ2v) is 5.87. The molecule has 5 heteroatoms. The zero-order chi connectivity index (χ0) is 15.0. The Hall–Kier alpha value is -2.17. The van der Waals surface area contributed by atoms with Gasteiger partial charge in [0.25, 0.3) is 5.91 Å². The third-order valence-corrected chi connectivity index (χ3v) is 3.87. The number of hydrogen-bond acceptors (Lipinski definition) is 4. The first-order chi connectivity index (χ1) is 10.1. The molecule has 1 aromatic heterocycles. The van der Waals surface area contributed by atoms with Crippen molar-refractivity contribution < 1.29 is 9.32 Å². The summed E-state index contributed by atoms with van der Waals surface area (Å²) in [5, 5.41) is 3.97. The van der Waals surface area contributed by atoms with Crippen molar-refractivity contribution >= 4 is 5.91 Å². The van der Waals surface area contributed by atoms with E-state index in [9.17, 15) is 4.79 Å². The SMILES string of the molecule is Cc1ccccc1C(=O)N1CC(c2nc(C(C)C)no2)C1. The second kappa shape index (κ2) is 5.31. The van der Waals surface area contributed by atoms with E-state index in [4.69, 9.17) is 4.52 Å². The van der Waals surface area contributed by atoms with Gasteiger partial charge >= 0.3 is 0 Å². The molecule has 0 spiro atoms. The molecule has 0 radical (unpaired) electrons. The van der Waals surface area contributed by atoms with Crippen molar-refractivity contribution in [2.75, 3.05) is 13.1 Å². The third-order valence-electron chi connectivity index (χ3n) is 3.87. The molecule has 2 aromatic rings. The molecular formula is C16H19N3O2. The van der Waals surface area contributed by atoms with Crippen LogP contribution in [0.15, 0.2) is 28.8 Å². The predicted octanol–water partition coefficient (Wildman–Crippen LogP) is 2.74. The standard InChI is InChI=1S/C16H19N3O2/c1-10(2)14-17-15(21-18-14)12-8-19(9-12)16(20)13-7-5-4-6-11(13)3/h4-7,10,12H,8-9H2,1-3H3. The molecule has 5 nitrogen and oxygen atoms in total. The number of benzene rings is 1. The first-order valence-corrected chi connectivity index (χ1v) is 7.24. The first-order valence-electron chi connectivity index (χ1n) is 7.24. The van der Waals surface area contributed by atoms with Crippen molar-refractivity contribution in [3.05, 3.63) is 47.1 Å². The van der Waals surface area contributed by atoms with Crippen molar-refractivity contribution in [1.29, 1.82) is 0 Å². The van der Waals surface area contributed by atoms with Crippen molar-refractivity contribution in [2.45, 2.75) is 32.6 Å². The van der Waals surface area contributed by atoms with Crippen LogP contribution in [0, 0.1) is 6.92 Å². The molecule has 0 saturated carbocycles. The molecule has 3 rings (SSSR count). The van der Waals surface area contributed by atoms with Gasteiger partial charge in [-0.15, -0.1) is 0 Å². The molecule has 0 aliphatic carbocycles. The number of carbonyl (C=O) groups excluding carboxylic acids is 1. The van der Waals surface area contributed by atoms with E-state index >= 15 is 0 Å². The van der Waals surface area contributed by atoms with Crippen LogP contribution in [0.3, 0.4) is 0 Å². The highest BCUT2D eigenvalue weighted by Gasteiger charge is 2.36. The van der Waals surface area contributed by atoms with Crippen LogP contribution >= 0.6 is 0 Å². The fraction of sp³-hybridized carbons (Fsp3) is 0.438. The molecule has 0 unspecified atom stereocenters. The van der Waals surface area contributed by atoms with Crippen LogP contribution in [-0.4, -0.2) is 34.0 Å². The molecule has 1 amide bonds. The minimum Gasteiger partial charge on any atom is -0.339 e. The number of carbonyl (C=O) groups is 1. The number of aromatic nitrogens is 2. The van der Waals surface area contributed by atoms with Crippen molar-refractivity contribution in [2.24, 2.45) is 0 Å². The summed E-state index contributed by atoms with van der Waals surface area (Å²) in [5.41, 5.74) is 1.77. The number of likely N-dealkylation sites (tertiary alicyclic amines) is 1. The van der Waals surface area contributed by atoms with E-state index < -0.39 is 0 Å². The number of aryl methyl sites for hydroxylation is 1. The Labute approximate surface area is 124 Å². The van der Waals surface area contributed by atoms with E-state index in [0.29, 0.717) is 19.0 Å². The van der Waals surface area contributed by atoms with Gasteiger partial charge in [0.2, 0.25) is 5.89 Å². The Morgan fingerprint density at radius 1 is 1.33 bits per heavy atom. The van der Waals surface area contributed by atoms with E-state index in [2.05, 4.69) is 10.1 Å². The van der Waals surface area contributed by atoms with Gasteiger partial charge in [-0.2, -0.15) is 4.98 Å². The van der Waals surface area contributed by atoms with Gasteiger partial charge < -0.3 is 9.42 Å². The Balaban J connectivity index is 1.65. The lowest BCUT2D eigenvalue weighted by Gasteiger charge is -2.37. The zero-order valence-corrected chi connectivity index (χ0v) is 12.5. The van der Waals surface area contributed by atoms with Crippen LogP contribution in [0.25, 0.3) is 0 Å². The Kier molecular flexibility index (Phi) is 3.49. The topological polar surface area (TPSA) is 59.2 Å². The monoisotopic (exact) mass is 285 g/mol. The molecule has 21 heavy (non-hydrogen) atoms. The smallest absolute Gasteiger partial charge is 0.254 e. The Morgan fingerprint density at radius 2 is 2.05 bits per heavy atom. The lowest BCUT2D eigenvalue weighted by Crippen LogP contribution is -2.48. The third kappa shape index (κ3) is 2.55. The van der Waals surface area contributed by atoms with Gasteiger partial charge in [-0.05, 0) is 18.6 Å². The predicted molar refractivity (Wildman–Crippen MR) is 78.2 cm³/mol. The summed E-state index contributed by atoms with van der Waals surface area (Å²) in [6, 6.07) is 7.66. The molecule has 1 fully saturated rings. The average Bonchev–Trinajstić information content (AvgIpc) is 2.87. The quantitative estimate of drug-likeness (QED) is 0.870. The summed E-state index contributed by atoms with van der Waals surface area (Å²) >= 11 is 0. The average molecular weight is 285 g/mol. The summed E-state index contributed by atoms with van der Waals surface area (Å²) in [6.07, 6.45) is 0. The molecule has 2 heterocycles. The number of hydrogen-bond donors (Lipinski definition) is 0. The van der Waals surface area contributed by atoms with Crippen LogP contribution in [0.1, 0.15) is 53.3 Å². The fourth-order valence-electron chi connectivity index (χ4n) is 2.43. The van der Waals surface area contributed by atoms with Crippen LogP contribution in [0.2, 0.25) is 0 Å². The minimum atomic E-state index is 0.0768. The van der Waals surface area contributed by atoms with Crippen LogP contribution in [0.5, 0.6) is 0 Å². The van der Waals surface area contributed by atoms with Crippen LogP contribution in [0.4, 0.5) is 0 Å². The molecule has 0 bridgehead atoms. The molecular weight excluding hydrogens is 266 g/mol. The highest BCUT2D eigenvalue weighted by molar-refractivity contribution is 5.96. The summed E-state index contributed by atoms with van der Waals surface area (Å²) in [7, 11) is 0. The normalized spacial score (nSPS) is 15.3. The maximum atomic E-state index is 12.4. The van der Waals surface area contributed by atoms with E-state index in [1.807, 2.05) is 49.9 Å². The molecule has 0 atom stereocenters. The highest BCUT2D eigenvalue weighted by atomic mass is 16.5. The van der Waals surface area contributed by atoms with Crippen molar-refractivity contribution in [3.8, 4) is 0 Å². The number of amides is 1. The largest absolute Gasteiger partial charge is 0.339 e. The summed E-state index contributed by atoms with van der Waals surface area (Å²) < 4.78 is 5.29. The van der Waals surface area contributed by atoms with Gasteiger partial charge in [-0.1, -0.05) is 37.2 Å². The minimum absolute atomic E-state index is 0.0768. The van der Waals surface area contributed by atoms with Gasteiger partial charge in [-0.25, -0.2) is 0 Å². The van der Waals surface area contributed by atoms with Gasteiger partial charge in [0.05, 0.1) is 5.92 Å². The molecule has 110 valence electrons. The second-order valence-electron chi connectivity index (χ2n) is 5.87. The highest BCUT2D eigenvalue weighted by Crippen LogP contribution is 2.28. The van der Waals surface area contributed by atoms with Crippen LogP contribution in [-0.2, 0) is 0 Å². The van der Waals surface area contributed by atoms with Crippen molar-refractivity contribution in [1.82, 2.24) is 15.0 Å². The summed E-state index contributed by atoms with van der Waals surface area (Å²) in [5.74, 6) is 1.87. The van der Waals surface area contributed by atoms with E-state index in [0.717, 1.165) is 17.0 Å². The summed E-state index contributed by atoms with van der Waals surface area (Å²) in [6.45, 7) is 7.31. The molecule has 1 aromatic carbocycles. The maximum Gasteiger partial charge on any atom is 0.254 e. The van der Waals surface area contributed by atoms with Gasteiger partial charge in [0.15, 0.2) is 5.82 Å².